The lowest BCUT2D eigenvalue weighted by atomic mass is 10.0. The Morgan fingerprint density at radius 3 is 2.71 bits per heavy atom. The highest BCUT2D eigenvalue weighted by molar-refractivity contribution is 5.81. The number of aliphatic hydroxyl groups excluding tert-OH is 1. The van der Waals surface area contributed by atoms with Gasteiger partial charge in [0.2, 0.25) is 5.91 Å². The van der Waals surface area contributed by atoms with Crippen LogP contribution in [-0.4, -0.2) is 29.7 Å². The minimum absolute atomic E-state index is 0.305. The maximum absolute atomic E-state index is 11.7. The van der Waals surface area contributed by atoms with E-state index in [1.165, 1.54) is 25.7 Å². The molecule has 0 aliphatic heterocycles. The number of hydrogen-bond acceptors (Lipinski definition) is 3. The zero-order valence-electron chi connectivity index (χ0n) is 10.8. The van der Waals surface area contributed by atoms with E-state index < -0.39 is 12.1 Å². The molecule has 0 saturated heterocycles. The monoisotopic (exact) mass is 242 g/mol. The third kappa shape index (κ3) is 5.04. The lowest BCUT2D eigenvalue weighted by molar-refractivity contribution is -0.130. The Morgan fingerprint density at radius 1 is 1.47 bits per heavy atom. The fraction of sp³-hybridized carbons (Fsp3) is 0.923. The molecule has 0 heterocycles. The molecule has 0 aromatic rings. The number of unbranched alkanes of at least 4 members (excludes halogenated alkanes) is 1. The maximum atomic E-state index is 11.7. The Balaban J connectivity index is 2.20. The van der Waals surface area contributed by atoms with Gasteiger partial charge in [0, 0.05) is 12.6 Å². The zero-order valence-corrected chi connectivity index (χ0v) is 10.8. The SMILES string of the molecule is CCCCC(N)C(O)C(=O)NCC1CCCC1. The van der Waals surface area contributed by atoms with Crippen LogP contribution in [0.25, 0.3) is 0 Å². The zero-order chi connectivity index (χ0) is 12.7. The molecule has 1 aliphatic carbocycles. The van der Waals surface area contributed by atoms with Crippen LogP contribution in [0.1, 0.15) is 51.9 Å². The van der Waals surface area contributed by atoms with Crippen molar-refractivity contribution >= 4 is 5.91 Å². The molecule has 0 aromatic heterocycles. The van der Waals surface area contributed by atoms with Gasteiger partial charge in [0.05, 0.1) is 0 Å². The molecule has 0 aromatic carbocycles. The van der Waals surface area contributed by atoms with Gasteiger partial charge in [-0.05, 0) is 25.2 Å². The minimum atomic E-state index is -1.05. The molecule has 1 saturated carbocycles. The Hall–Kier alpha value is -0.610. The van der Waals surface area contributed by atoms with Crippen LogP contribution in [0.15, 0.2) is 0 Å². The summed E-state index contributed by atoms with van der Waals surface area (Å²) in [6, 6.07) is -0.432. The van der Waals surface area contributed by atoms with Gasteiger partial charge in [0.1, 0.15) is 6.10 Å². The fourth-order valence-electron chi connectivity index (χ4n) is 2.36. The van der Waals surface area contributed by atoms with E-state index in [1.807, 2.05) is 0 Å². The second-order valence-corrected chi connectivity index (χ2v) is 5.15. The van der Waals surface area contributed by atoms with Crippen molar-refractivity contribution in [3.05, 3.63) is 0 Å². The summed E-state index contributed by atoms with van der Waals surface area (Å²) in [5.41, 5.74) is 5.78. The van der Waals surface area contributed by atoms with E-state index in [2.05, 4.69) is 12.2 Å². The summed E-state index contributed by atoms with van der Waals surface area (Å²) in [4.78, 5) is 11.7. The highest BCUT2D eigenvalue weighted by Gasteiger charge is 2.23. The average molecular weight is 242 g/mol. The van der Waals surface area contributed by atoms with Gasteiger partial charge in [-0.2, -0.15) is 0 Å². The van der Waals surface area contributed by atoms with E-state index >= 15 is 0 Å². The van der Waals surface area contributed by atoms with E-state index in [9.17, 15) is 9.90 Å². The first-order valence-corrected chi connectivity index (χ1v) is 6.86. The third-order valence-electron chi connectivity index (χ3n) is 3.60. The van der Waals surface area contributed by atoms with E-state index in [1.54, 1.807) is 0 Å². The number of hydrogen-bond donors (Lipinski definition) is 3. The summed E-state index contributed by atoms with van der Waals surface area (Å²) in [5.74, 6) is 0.290. The number of nitrogens with one attached hydrogen (secondary N) is 1. The molecule has 0 radical (unpaired) electrons. The van der Waals surface area contributed by atoms with Crippen LogP contribution in [0.4, 0.5) is 0 Å². The fourth-order valence-corrected chi connectivity index (χ4v) is 2.36. The van der Waals surface area contributed by atoms with Crippen LogP contribution < -0.4 is 11.1 Å². The quantitative estimate of drug-likeness (QED) is 0.627. The summed E-state index contributed by atoms with van der Waals surface area (Å²) in [5, 5.41) is 12.6. The number of carbonyl (C=O) groups is 1. The molecular formula is C13H26N2O2. The Bertz CT molecular complexity index is 227. The smallest absolute Gasteiger partial charge is 0.250 e. The molecule has 100 valence electrons. The molecule has 4 N–H and O–H groups in total. The van der Waals surface area contributed by atoms with Crippen LogP contribution in [-0.2, 0) is 4.79 Å². The van der Waals surface area contributed by atoms with Gasteiger partial charge in [-0.25, -0.2) is 0 Å². The first kappa shape index (κ1) is 14.5. The van der Waals surface area contributed by atoms with E-state index in [-0.39, 0.29) is 5.91 Å². The first-order chi connectivity index (χ1) is 8.15. The van der Waals surface area contributed by atoms with Crippen LogP contribution in [0.5, 0.6) is 0 Å². The third-order valence-corrected chi connectivity index (χ3v) is 3.60. The van der Waals surface area contributed by atoms with Crippen LogP contribution in [0.2, 0.25) is 0 Å². The molecule has 0 bridgehead atoms. The molecule has 1 fully saturated rings. The predicted octanol–water partition coefficient (Wildman–Crippen LogP) is 1.17. The lowest BCUT2D eigenvalue weighted by Crippen LogP contribution is -2.47. The summed E-state index contributed by atoms with van der Waals surface area (Å²) in [6.07, 6.45) is 6.55. The maximum Gasteiger partial charge on any atom is 0.250 e. The van der Waals surface area contributed by atoms with Crippen molar-refractivity contribution < 1.29 is 9.90 Å². The van der Waals surface area contributed by atoms with E-state index in [0.717, 1.165) is 12.8 Å². The summed E-state index contributed by atoms with van der Waals surface area (Å²) in [7, 11) is 0. The summed E-state index contributed by atoms with van der Waals surface area (Å²) < 4.78 is 0. The van der Waals surface area contributed by atoms with Gasteiger partial charge in [0.15, 0.2) is 0 Å². The molecule has 1 rings (SSSR count). The molecule has 1 amide bonds. The van der Waals surface area contributed by atoms with Crippen molar-refractivity contribution in [2.45, 2.75) is 64.0 Å². The number of nitrogens with two attached hydrogens (primary N) is 1. The highest BCUT2D eigenvalue weighted by atomic mass is 16.3. The van der Waals surface area contributed by atoms with Gasteiger partial charge < -0.3 is 16.2 Å². The Kier molecular flexibility index (Phi) is 6.52. The molecule has 4 heteroatoms. The van der Waals surface area contributed by atoms with Crippen molar-refractivity contribution in [2.24, 2.45) is 11.7 Å². The van der Waals surface area contributed by atoms with Crippen LogP contribution in [0.3, 0.4) is 0 Å². The molecular weight excluding hydrogens is 216 g/mol. The molecule has 2 unspecified atom stereocenters. The predicted molar refractivity (Wildman–Crippen MR) is 68.5 cm³/mol. The molecule has 2 atom stereocenters. The molecule has 0 spiro atoms. The molecule has 1 aliphatic rings. The Labute approximate surface area is 104 Å². The Morgan fingerprint density at radius 2 is 2.12 bits per heavy atom. The van der Waals surface area contributed by atoms with Crippen molar-refractivity contribution in [2.75, 3.05) is 6.54 Å². The summed E-state index contributed by atoms with van der Waals surface area (Å²) in [6.45, 7) is 2.76. The second-order valence-electron chi connectivity index (χ2n) is 5.15. The topological polar surface area (TPSA) is 75.3 Å². The normalized spacial score (nSPS) is 20.2. The largest absolute Gasteiger partial charge is 0.382 e. The van der Waals surface area contributed by atoms with Crippen molar-refractivity contribution in [3.8, 4) is 0 Å². The molecule has 17 heavy (non-hydrogen) atoms. The molecule has 4 nitrogen and oxygen atoms in total. The van der Waals surface area contributed by atoms with Gasteiger partial charge in [-0.15, -0.1) is 0 Å². The van der Waals surface area contributed by atoms with E-state index in [4.69, 9.17) is 5.73 Å². The number of carbonyl (C=O) groups excluding carboxylic acids is 1. The number of aliphatic hydroxyl groups is 1. The lowest BCUT2D eigenvalue weighted by Gasteiger charge is -2.19. The van der Waals surface area contributed by atoms with E-state index in [0.29, 0.717) is 18.9 Å². The van der Waals surface area contributed by atoms with Gasteiger partial charge in [-0.1, -0.05) is 32.6 Å². The van der Waals surface area contributed by atoms with Gasteiger partial charge >= 0.3 is 0 Å². The van der Waals surface area contributed by atoms with Crippen molar-refractivity contribution in [1.82, 2.24) is 5.32 Å². The highest BCUT2D eigenvalue weighted by Crippen LogP contribution is 2.23. The summed E-state index contributed by atoms with van der Waals surface area (Å²) >= 11 is 0. The minimum Gasteiger partial charge on any atom is -0.382 e. The number of amides is 1. The van der Waals surface area contributed by atoms with Gasteiger partial charge in [0.25, 0.3) is 0 Å². The van der Waals surface area contributed by atoms with Gasteiger partial charge in [-0.3, -0.25) is 4.79 Å². The first-order valence-electron chi connectivity index (χ1n) is 6.86. The average Bonchev–Trinajstić information content (AvgIpc) is 2.85. The standard InChI is InChI=1S/C13H26N2O2/c1-2-3-8-11(14)12(16)13(17)15-9-10-6-4-5-7-10/h10-12,16H,2-9,14H2,1H3,(H,15,17). The number of rotatable bonds is 7. The van der Waals surface area contributed by atoms with Crippen LogP contribution >= 0.6 is 0 Å². The van der Waals surface area contributed by atoms with Crippen molar-refractivity contribution in [3.63, 3.8) is 0 Å². The van der Waals surface area contributed by atoms with Crippen molar-refractivity contribution in [1.29, 1.82) is 0 Å². The van der Waals surface area contributed by atoms with Crippen LogP contribution in [0, 0.1) is 5.92 Å². The second kappa shape index (κ2) is 7.67.